The fraction of sp³-hybridized carbons (Fsp3) is 0.409. The van der Waals surface area contributed by atoms with Crippen molar-refractivity contribution in [3.05, 3.63) is 47.4 Å². The second-order valence-electron chi connectivity index (χ2n) is 7.29. The topological polar surface area (TPSA) is 54.7 Å². The molecule has 4 rings (SSSR count). The highest BCUT2D eigenvalue weighted by atomic mass is 14.9. The second kappa shape index (κ2) is 4.66. The van der Waals surface area contributed by atoms with Crippen molar-refractivity contribution in [3.8, 4) is 11.4 Å². The number of nitrogens with one attached hydrogen (secondary N) is 1. The lowest BCUT2D eigenvalue weighted by atomic mass is 9.59. The van der Waals surface area contributed by atoms with Crippen LogP contribution in [0.25, 0.3) is 22.4 Å². The number of nitrogens with zero attached hydrogens (tertiary/aromatic N) is 1. The van der Waals surface area contributed by atoms with Gasteiger partial charge in [-0.3, -0.25) is 0 Å². The Morgan fingerprint density at radius 2 is 1.76 bits per heavy atom. The lowest BCUT2D eigenvalue weighted by Crippen LogP contribution is -2.42. The van der Waals surface area contributed by atoms with E-state index < -0.39 is 61.0 Å². The predicted octanol–water partition coefficient (Wildman–Crippen LogP) is 5.41. The van der Waals surface area contributed by atoms with Crippen LogP contribution in [0, 0.1) is 5.41 Å². The fourth-order valence-corrected chi connectivity index (χ4v) is 3.52. The largest absolute Gasteiger partial charge is 0.398 e. The fourth-order valence-electron chi connectivity index (χ4n) is 3.52. The van der Waals surface area contributed by atoms with Crippen molar-refractivity contribution < 1.29 is 17.8 Å². The first-order valence-corrected chi connectivity index (χ1v) is 7.89. The third kappa shape index (κ3) is 1.90. The number of aromatic amines is 1. The predicted molar refractivity (Wildman–Crippen MR) is 106 cm³/mol. The smallest absolute Gasteiger partial charge is 0.140 e. The molecule has 1 unspecified atom stereocenters. The number of hydrogen-bond acceptors (Lipinski definition) is 2. The average Bonchev–Trinajstić information content (AvgIpc) is 3.22. The minimum absolute atomic E-state index is 0.0297. The first-order valence-electron chi connectivity index (χ1n) is 14.4. The van der Waals surface area contributed by atoms with Crippen LogP contribution in [0.2, 0.25) is 0 Å². The van der Waals surface area contributed by atoms with Crippen LogP contribution in [0.4, 0.5) is 5.69 Å². The highest BCUT2D eigenvalue weighted by Crippen LogP contribution is 2.61. The summed E-state index contributed by atoms with van der Waals surface area (Å²) in [6.45, 7) is -5.28. The lowest BCUT2D eigenvalue weighted by molar-refractivity contribution is 0.125. The molecule has 1 aliphatic carbocycles. The van der Waals surface area contributed by atoms with Crippen LogP contribution in [-0.4, -0.2) is 9.97 Å². The van der Waals surface area contributed by atoms with E-state index in [-0.39, 0.29) is 33.7 Å². The molecule has 130 valence electrons. The molecule has 0 aliphatic heterocycles. The zero-order valence-corrected chi connectivity index (χ0v) is 14.2. The normalized spacial score (nSPS) is 32.8. The van der Waals surface area contributed by atoms with Crippen molar-refractivity contribution in [1.29, 1.82) is 0 Å². The molecule has 0 saturated carbocycles. The zero-order valence-electron chi connectivity index (χ0n) is 27.2. The minimum atomic E-state index is -3.26. The first kappa shape index (κ1) is 7.14. The first-order chi connectivity index (χ1) is 17.0. The molecule has 0 amide bonds. The number of anilines is 1. The standard InChI is InChI=1S/C22H27N3/c1-20(2)14-11-17-18(12-15(14)21(3,4)22(20,5)6)25-19(24-17)13-9-7-8-10-16(13)23/h7-12H,23H2,1-6H3,(H,24,25)/i1D3,2D3,5D3,7D,8D,9D,10D. The maximum absolute atomic E-state index is 8.44. The minimum Gasteiger partial charge on any atom is -0.398 e. The van der Waals surface area contributed by atoms with Crippen molar-refractivity contribution in [1.82, 2.24) is 9.97 Å². The number of hydrogen-bond donors (Lipinski definition) is 2. The van der Waals surface area contributed by atoms with Gasteiger partial charge in [-0.25, -0.2) is 4.98 Å². The van der Waals surface area contributed by atoms with E-state index in [1.807, 2.05) is 0 Å². The summed E-state index contributed by atoms with van der Waals surface area (Å²) in [6.07, 6.45) is 0. The summed E-state index contributed by atoms with van der Waals surface area (Å²) in [5.74, 6) is -0.0297. The summed E-state index contributed by atoms with van der Waals surface area (Å²) in [5, 5.41) is 0. The molecule has 1 aliphatic rings. The Kier molecular flexibility index (Phi) is 1.33. The van der Waals surface area contributed by atoms with Gasteiger partial charge in [-0.1, -0.05) is 53.4 Å². The van der Waals surface area contributed by atoms with E-state index in [0.29, 0.717) is 5.52 Å². The third-order valence-electron chi connectivity index (χ3n) is 5.65. The number of nitrogen functional groups attached to an aromatic ring is 1. The van der Waals surface area contributed by atoms with E-state index in [1.165, 1.54) is 32.9 Å². The summed E-state index contributed by atoms with van der Waals surface area (Å²) < 4.78 is 108. The molecule has 2 aromatic carbocycles. The van der Waals surface area contributed by atoms with E-state index in [2.05, 4.69) is 9.97 Å². The van der Waals surface area contributed by atoms with Crippen LogP contribution in [-0.2, 0) is 10.8 Å². The maximum atomic E-state index is 8.44. The number of H-pyrrole nitrogens is 1. The van der Waals surface area contributed by atoms with Crippen molar-refractivity contribution in [2.45, 2.75) is 52.2 Å². The maximum Gasteiger partial charge on any atom is 0.140 e. The van der Waals surface area contributed by atoms with Gasteiger partial charge >= 0.3 is 0 Å². The van der Waals surface area contributed by atoms with Crippen LogP contribution in [0.5, 0.6) is 0 Å². The monoisotopic (exact) mass is 346 g/mol. The van der Waals surface area contributed by atoms with E-state index in [1.54, 1.807) is 0 Å². The van der Waals surface area contributed by atoms with Gasteiger partial charge in [0.05, 0.1) is 16.5 Å². The number of benzene rings is 2. The number of nitrogens with two attached hydrogens (primary N) is 1. The molecule has 0 spiro atoms. The van der Waals surface area contributed by atoms with Gasteiger partial charge < -0.3 is 10.7 Å². The Labute approximate surface area is 167 Å². The van der Waals surface area contributed by atoms with Crippen LogP contribution in [0.3, 0.4) is 0 Å². The summed E-state index contributed by atoms with van der Waals surface area (Å²) in [5.41, 5.74) is -0.433. The molecule has 1 heterocycles. The Morgan fingerprint density at radius 1 is 1.04 bits per heavy atom. The molecule has 3 nitrogen and oxygen atoms in total. The van der Waals surface area contributed by atoms with Gasteiger partial charge in [-0.2, -0.15) is 0 Å². The molecule has 3 aromatic rings. The average molecular weight is 347 g/mol. The van der Waals surface area contributed by atoms with Crippen LogP contribution in [0.1, 0.15) is 70.3 Å². The number of fused-ring (bicyclic) bond motifs is 2. The van der Waals surface area contributed by atoms with Crippen molar-refractivity contribution in [2.75, 3.05) is 5.73 Å². The summed E-state index contributed by atoms with van der Waals surface area (Å²) in [4.78, 5) is 7.33. The van der Waals surface area contributed by atoms with Crippen molar-refractivity contribution >= 4 is 16.7 Å². The Bertz CT molecular complexity index is 1430. The van der Waals surface area contributed by atoms with Crippen LogP contribution < -0.4 is 5.73 Å². The number of aromatic nitrogens is 2. The Balaban J connectivity index is 2.16. The molecule has 0 saturated heterocycles. The molecule has 0 fully saturated rings. The van der Waals surface area contributed by atoms with E-state index in [0.717, 1.165) is 0 Å². The quantitative estimate of drug-likeness (QED) is 0.579. The number of rotatable bonds is 1. The molecular formula is C22H27N3. The lowest BCUT2D eigenvalue weighted by Gasteiger charge is -2.44. The van der Waals surface area contributed by atoms with E-state index >= 15 is 0 Å². The Hall–Kier alpha value is -2.29. The molecule has 1 atom stereocenters. The van der Waals surface area contributed by atoms with Gasteiger partial charge in [0.15, 0.2) is 0 Å². The van der Waals surface area contributed by atoms with Gasteiger partial charge in [0.1, 0.15) is 5.82 Å². The van der Waals surface area contributed by atoms with Gasteiger partial charge in [0, 0.05) is 23.6 Å². The number of para-hydroxylation sites is 1. The highest BCUT2D eigenvalue weighted by molar-refractivity contribution is 5.84. The Morgan fingerprint density at radius 3 is 2.48 bits per heavy atom. The van der Waals surface area contributed by atoms with Gasteiger partial charge in [-0.05, 0) is 51.6 Å². The SMILES string of the molecule is [2H]c1c([2H])c([2H])c(-c2nc3cc4c(cc3[nH]2)C(C)(C)C(C)(C([2H])([2H])[2H])C4(C([2H])([2H])[2H])C([2H])([2H])[2H])c(N)c1[2H]. The van der Waals surface area contributed by atoms with Crippen molar-refractivity contribution in [2.24, 2.45) is 5.41 Å². The molecule has 3 heteroatoms. The van der Waals surface area contributed by atoms with E-state index in [4.69, 9.17) is 23.6 Å². The molecule has 25 heavy (non-hydrogen) atoms. The molecular weight excluding hydrogens is 306 g/mol. The van der Waals surface area contributed by atoms with Gasteiger partial charge in [-0.15, -0.1) is 0 Å². The summed E-state index contributed by atoms with van der Waals surface area (Å²) in [7, 11) is 0. The summed E-state index contributed by atoms with van der Waals surface area (Å²) >= 11 is 0. The van der Waals surface area contributed by atoms with Gasteiger partial charge in [0.25, 0.3) is 0 Å². The summed E-state index contributed by atoms with van der Waals surface area (Å²) in [6, 6.07) is 0.806. The van der Waals surface area contributed by atoms with Crippen LogP contribution in [0.15, 0.2) is 36.3 Å². The molecule has 1 aromatic heterocycles. The number of imidazole rings is 1. The molecule has 3 N–H and O–H groups in total. The third-order valence-corrected chi connectivity index (χ3v) is 5.65. The van der Waals surface area contributed by atoms with Crippen LogP contribution >= 0.6 is 0 Å². The molecule has 0 radical (unpaired) electrons. The zero-order chi connectivity index (χ0) is 29.2. The molecule has 0 bridgehead atoms. The van der Waals surface area contributed by atoms with Gasteiger partial charge in [0.2, 0.25) is 0 Å². The highest BCUT2D eigenvalue weighted by Gasteiger charge is 2.56. The second-order valence-corrected chi connectivity index (χ2v) is 7.29. The van der Waals surface area contributed by atoms with Crippen molar-refractivity contribution in [3.63, 3.8) is 0 Å². The van der Waals surface area contributed by atoms with E-state index in [9.17, 15) is 0 Å².